The number of aromatic nitrogens is 2. The molecule has 90 valence electrons. The summed E-state index contributed by atoms with van der Waals surface area (Å²) in [6.45, 7) is 0. The number of nitrogens with zero attached hydrogens (tertiary/aromatic N) is 2. The van der Waals surface area contributed by atoms with Gasteiger partial charge in [-0.25, -0.2) is 4.68 Å². The largest absolute Gasteiger partial charge is 0.384 e. The van der Waals surface area contributed by atoms with Crippen LogP contribution < -0.4 is 5.73 Å². The molecule has 0 aliphatic carbocycles. The Hall–Kier alpha value is -1.34. The van der Waals surface area contributed by atoms with Crippen molar-refractivity contribution < 1.29 is 0 Å². The standard InChI is InChI=1S/C13H10IN3S/c14-12-6-9(8-18-12)11-7-13(15)17(16-11)10-4-2-1-3-5-10/h1-8H,15H2. The van der Waals surface area contributed by atoms with Crippen LogP contribution in [-0.2, 0) is 0 Å². The van der Waals surface area contributed by atoms with Gasteiger partial charge in [-0.2, -0.15) is 5.10 Å². The van der Waals surface area contributed by atoms with Crippen LogP contribution in [0.5, 0.6) is 0 Å². The summed E-state index contributed by atoms with van der Waals surface area (Å²) < 4.78 is 3.01. The first kappa shape index (κ1) is 11.7. The van der Waals surface area contributed by atoms with Crippen LogP contribution in [0.1, 0.15) is 0 Å². The minimum atomic E-state index is 0.650. The van der Waals surface area contributed by atoms with Crippen molar-refractivity contribution >= 4 is 39.7 Å². The maximum absolute atomic E-state index is 6.02. The highest BCUT2D eigenvalue weighted by atomic mass is 127. The van der Waals surface area contributed by atoms with Gasteiger partial charge in [-0.1, -0.05) is 18.2 Å². The number of thiophene rings is 1. The van der Waals surface area contributed by atoms with Crippen LogP contribution in [0.25, 0.3) is 16.9 Å². The third kappa shape index (κ3) is 2.15. The molecule has 0 bridgehead atoms. The zero-order valence-corrected chi connectivity index (χ0v) is 12.4. The van der Waals surface area contributed by atoms with Gasteiger partial charge in [0.1, 0.15) is 5.82 Å². The molecule has 0 fully saturated rings. The second kappa shape index (κ2) is 4.74. The number of para-hydroxylation sites is 1. The summed E-state index contributed by atoms with van der Waals surface area (Å²) in [5.74, 6) is 0.650. The first-order valence-electron chi connectivity index (χ1n) is 5.39. The summed E-state index contributed by atoms with van der Waals surface area (Å²) in [5, 5.41) is 6.65. The molecule has 0 aliphatic heterocycles. The van der Waals surface area contributed by atoms with E-state index in [1.54, 1.807) is 16.0 Å². The van der Waals surface area contributed by atoms with E-state index in [9.17, 15) is 0 Å². The predicted octanol–water partition coefficient (Wildman–Crippen LogP) is 3.79. The van der Waals surface area contributed by atoms with Crippen molar-refractivity contribution in [3.05, 3.63) is 50.7 Å². The molecule has 5 heteroatoms. The average molecular weight is 367 g/mol. The number of halogens is 1. The zero-order chi connectivity index (χ0) is 12.5. The van der Waals surface area contributed by atoms with Crippen LogP contribution in [0, 0.1) is 2.88 Å². The van der Waals surface area contributed by atoms with Crippen molar-refractivity contribution in [3.63, 3.8) is 0 Å². The number of rotatable bonds is 2. The van der Waals surface area contributed by atoms with Crippen molar-refractivity contribution in [1.29, 1.82) is 0 Å². The van der Waals surface area contributed by atoms with Gasteiger partial charge in [0.25, 0.3) is 0 Å². The fraction of sp³-hybridized carbons (Fsp3) is 0. The molecule has 18 heavy (non-hydrogen) atoms. The molecule has 0 saturated carbocycles. The van der Waals surface area contributed by atoms with Gasteiger partial charge in [0.2, 0.25) is 0 Å². The van der Waals surface area contributed by atoms with Gasteiger partial charge in [0.15, 0.2) is 0 Å². The SMILES string of the molecule is Nc1cc(-c2csc(I)c2)nn1-c1ccccc1. The maximum atomic E-state index is 6.02. The molecule has 0 atom stereocenters. The highest BCUT2D eigenvalue weighted by Crippen LogP contribution is 2.27. The van der Waals surface area contributed by atoms with E-state index in [-0.39, 0.29) is 0 Å². The number of anilines is 1. The molecule has 2 N–H and O–H groups in total. The van der Waals surface area contributed by atoms with Gasteiger partial charge >= 0.3 is 0 Å². The molecule has 0 radical (unpaired) electrons. The molecule has 3 nitrogen and oxygen atoms in total. The molecule has 2 heterocycles. The summed E-state index contributed by atoms with van der Waals surface area (Å²) in [6.07, 6.45) is 0. The van der Waals surface area contributed by atoms with Crippen molar-refractivity contribution in [2.24, 2.45) is 0 Å². The lowest BCUT2D eigenvalue weighted by molar-refractivity contribution is 0.895. The molecule has 3 aromatic rings. The quantitative estimate of drug-likeness (QED) is 0.701. The van der Waals surface area contributed by atoms with Crippen LogP contribution in [0.4, 0.5) is 5.82 Å². The van der Waals surface area contributed by atoms with Gasteiger partial charge in [-0.3, -0.25) is 0 Å². The number of benzene rings is 1. The molecular formula is C13H10IN3S. The number of hydrogen-bond acceptors (Lipinski definition) is 3. The van der Waals surface area contributed by atoms with Crippen LogP contribution in [0.3, 0.4) is 0 Å². The Bertz CT molecular complexity index is 673. The highest BCUT2D eigenvalue weighted by Gasteiger charge is 2.09. The molecule has 0 unspecified atom stereocenters. The minimum absolute atomic E-state index is 0.650. The Labute approximate surface area is 122 Å². The van der Waals surface area contributed by atoms with Gasteiger partial charge in [-0.05, 0) is 40.8 Å². The summed E-state index contributed by atoms with van der Waals surface area (Å²) in [7, 11) is 0. The molecule has 0 spiro atoms. The van der Waals surface area contributed by atoms with E-state index in [0.29, 0.717) is 5.82 Å². The molecule has 3 rings (SSSR count). The van der Waals surface area contributed by atoms with Crippen molar-refractivity contribution in [2.75, 3.05) is 5.73 Å². The predicted molar refractivity (Wildman–Crippen MR) is 84.0 cm³/mol. The Morgan fingerprint density at radius 2 is 1.94 bits per heavy atom. The fourth-order valence-electron chi connectivity index (χ4n) is 1.76. The van der Waals surface area contributed by atoms with Gasteiger partial charge in [0.05, 0.1) is 14.3 Å². The third-order valence-corrected chi connectivity index (χ3v) is 4.39. The number of nitrogen functional groups attached to an aromatic ring is 1. The average Bonchev–Trinajstić information content (AvgIpc) is 2.97. The Morgan fingerprint density at radius 1 is 1.17 bits per heavy atom. The number of hydrogen-bond donors (Lipinski definition) is 1. The summed E-state index contributed by atoms with van der Waals surface area (Å²) in [6, 6.07) is 13.9. The van der Waals surface area contributed by atoms with E-state index in [4.69, 9.17) is 5.73 Å². The smallest absolute Gasteiger partial charge is 0.127 e. The molecule has 0 aliphatic rings. The lowest BCUT2D eigenvalue weighted by Crippen LogP contribution is -2.00. The first-order chi connectivity index (χ1) is 8.74. The molecule has 1 aromatic carbocycles. The van der Waals surface area contributed by atoms with E-state index in [2.05, 4.69) is 39.1 Å². The van der Waals surface area contributed by atoms with Crippen molar-refractivity contribution in [1.82, 2.24) is 9.78 Å². The van der Waals surface area contributed by atoms with E-state index in [0.717, 1.165) is 16.9 Å². The first-order valence-corrected chi connectivity index (χ1v) is 7.35. The normalized spacial score (nSPS) is 10.7. The van der Waals surface area contributed by atoms with Crippen molar-refractivity contribution in [2.45, 2.75) is 0 Å². The van der Waals surface area contributed by atoms with Gasteiger partial charge in [0, 0.05) is 17.0 Å². The van der Waals surface area contributed by atoms with Crippen LogP contribution in [-0.4, -0.2) is 9.78 Å². The van der Waals surface area contributed by atoms with E-state index in [1.807, 2.05) is 36.4 Å². The molecule has 0 saturated heterocycles. The van der Waals surface area contributed by atoms with Crippen LogP contribution >= 0.6 is 33.9 Å². The van der Waals surface area contributed by atoms with Gasteiger partial charge in [-0.15, -0.1) is 11.3 Å². The topological polar surface area (TPSA) is 43.8 Å². The maximum Gasteiger partial charge on any atom is 0.127 e. The highest BCUT2D eigenvalue weighted by molar-refractivity contribution is 14.1. The second-order valence-electron chi connectivity index (χ2n) is 3.84. The van der Waals surface area contributed by atoms with Crippen LogP contribution in [0.2, 0.25) is 0 Å². The second-order valence-corrected chi connectivity index (χ2v) is 6.65. The number of nitrogens with two attached hydrogens (primary N) is 1. The Morgan fingerprint density at radius 3 is 2.61 bits per heavy atom. The van der Waals surface area contributed by atoms with E-state index < -0.39 is 0 Å². The molecular weight excluding hydrogens is 357 g/mol. The Balaban J connectivity index is 2.06. The van der Waals surface area contributed by atoms with Crippen LogP contribution in [0.15, 0.2) is 47.8 Å². The Kier molecular flexibility index (Phi) is 3.09. The van der Waals surface area contributed by atoms with E-state index in [1.165, 1.54) is 2.88 Å². The molecule has 2 aromatic heterocycles. The monoisotopic (exact) mass is 367 g/mol. The minimum Gasteiger partial charge on any atom is -0.384 e. The summed E-state index contributed by atoms with van der Waals surface area (Å²) in [5.41, 5.74) is 9.03. The molecule has 0 amide bonds. The van der Waals surface area contributed by atoms with Crippen molar-refractivity contribution in [3.8, 4) is 16.9 Å². The zero-order valence-electron chi connectivity index (χ0n) is 9.38. The summed E-state index contributed by atoms with van der Waals surface area (Å²) in [4.78, 5) is 0. The third-order valence-electron chi connectivity index (χ3n) is 2.60. The fourth-order valence-corrected chi connectivity index (χ4v) is 3.10. The lowest BCUT2D eigenvalue weighted by Gasteiger charge is -2.02. The van der Waals surface area contributed by atoms with Gasteiger partial charge < -0.3 is 5.73 Å². The van der Waals surface area contributed by atoms with E-state index >= 15 is 0 Å². The summed E-state index contributed by atoms with van der Waals surface area (Å²) >= 11 is 4.01. The lowest BCUT2D eigenvalue weighted by atomic mass is 10.2.